The number of anilines is 1. The molecule has 2 aromatic carbocycles. The van der Waals surface area contributed by atoms with E-state index in [2.05, 4.69) is 88.3 Å². The first kappa shape index (κ1) is 43.2. The smallest absolute Gasteiger partial charge is 0.164 e. The number of hydrogen-bond acceptors (Lipinski definition) is 7. The maximum Gasteiger partial charge on any atom is 0.164 e. The number of nitrogens with one attached hydrogen (secondary N) is 1. The standard InChI is InChI=1S/C28H29N2S3.C15H28O2.Ir/c1-16(2)11-17(3)32-20-7-8-21-23(14-20)33-27-24(29-15-30-25(21)27)19-12-18-9-10-31-26(18)22(13-19)28(4,5)6;1-7-14(5,8-2)12(16)11-13(17)15(6,9-3)10-4;/h7-10,13-14,16,30H,3,11,15H2,1-2,4-6H3;11,16H,7-10H2,1-6H3;/q-1;;/b;12-11-;. The maximum absolute atomic E-state index is 12.2. The number of carbonyl (C=O) groups is 1. The second-order valence-corrected chi connectivity index (χ2v) is 18.7. The van der Waals surface area contributed by atoms with Gasteiger partial charge in [0.1, 0.15) is 5.76 Å². The van der Waals surface area contributed by atoms with Crippen LogP contribution < -0.4 is 5.32 Å². The number of rotatable bonds is 12. The first-order chi connectivity index (χ1) is 23.5. The zero-order valence-electron chi connectivity index (χ0n) is 32.4. The molecule has 1 aliphatic rings. The van der Waals surface area contributed by atoms with Crippen molar-refractivity contribution < 1.29 is 30.0 Å². The summed E-state index contributed by atoms with van der Waals surface area (Å²) in [5.41, 5.74) is 4.19. The molecule has 0 fully saturated rings. The van der Waals surface area contributed by atoms with Gasteiger partial charge in [0.15, 0.2) is 5.78 Å². The second kappa shape index (κ2) is 17.7. The number of hydrogen-bond donors (Lipinski definition) is 2. The van der Waals surface area contributed by atoms with E-state index in [4.69, 9.17) is 4.99 Å². The fourth-order valence-corrected chi connectivity index (χ4v) is 9.46. The number of carbonyl (C=O) groups excluding carboxylic acids is 1. The van der Waals surface area contributed by atoms with Gasteiger partial charge in [-0.25, -0.2) is 0 Å². The minimum Gasteiger partial charge on any atom is -0.512 e. The third-order valence-corrected chi connectivity index (χ3v) is 13.5. The predicted molar refractivity (Wildman–Crippen MR) is 223 cm³/mol. The van der Waals surface area contributed by atoms with Crippen LogP contribution in [0.4, 0.5) is 5.69 Å². The fraction of sp³-hybridized carbons (Fsp3) is 0.488. The second-order valence-electron chi connectivity index (χ2n) is 15.5. The number of thiophene rings is 2. The van der Waals surface area contributed by atoms with Crippen LogP contribution in [0.1, 0.15) is 124 Å². The number of thioether (sulfide) groups is 1. The van der Waals surface area contributed by atoms with E-state index in [-0.39, 0.29) is 47.9 Å². The van der Waals surface area contributed by atoms with Crippen LogP contribution in [0.3, 0.4) is 0 Å². The van der Waals surface area contributed by atoms with Gasteiger partial charge in [0.05, 0.1) is 12.4 Å². The molecule has 2 N–H and O–H groups in total. The van der Waals surface area contributed by atoms with Crippen molar-refractivity contribution in [3.05, 3.63) is 81.1 Å². The molecular formula is C43H57IrN2O2S3-. The summed E-state index contributed by atoms with van der Waals surface area (Å²) in [5, 5.41) is 18.3. The monoisotopic (exact) mass is 922 g/mol. The fourth-order valence-electron chi connectivity index (χ4n) is 6.00. The molecule has 0 atom stereocenters. The zero-order chi connectivity index (χ0) is 37.0. The van der Waals surface area contributed by atoms with Gasteiger partial charge in [-0.1, -0.05) is 112 Å². The number of aliphatic hydroxyl groups excluding tert-OH is 1. The molecule has 4 nitrogen and oxygen atoms in total. The van der Waals surface area contributed by atoms with E-state index in [1.807, 2.05) is 52.9 Å². The number of fused-ring (bicyclic) bond motifs is 4. The summed E-state index contributed by atoms with van der Waals surface area (Å²) in [4.78, 5) is 20.8. The van der Waals surface area contributed by atoms with Crippen molar-refractivity contribution >= 4 is 71.8 Å². The van der Waals surface area contributed by atoms with Gasteiger partial charge in [-0.05, 0) is 70.6 Å². The van der Waals surface area contributed by atoms with Crippen molar-refractivity contribution in [2.24, 2.45) is 21.7 Å². The van der Waals surface area contributed by atoms with Gasteiger partial charge in [0.2, 0.25) is 0 Å². The number of aliphatic hydroxyl groups is 1. The normalized spacial score (nSPS) is 13.6. The molecule has 279 valence electrons. The number of benzene rings is 2. The van der Waals surface area contributed by atoms with E-state index in [0.29, 0.717) is 12.6 Å². The summed E-state index contributed by atoms with van der Waals surface area (Å²) in [6.07, 6.45) is 5.79. The summed E-state index contributed by atoms with van der Waals surface area (Å²) in [5.74, 6) is 0.911. The third-order valence-electron chi connectivity index (χ3n) is 10.4. The van der Waals surface area contributed by atoms with Gasteiger partial charge in [-0.15, -0.1) is 34.9 Å². The van der Waals surface area contributed by atoms with E-state index in [9.17, 15) is 9.90 Å². The summed E-state index contributed by atoms with van der Waals surface area (Å²) < 4.78 is 2.62. The Bertz CT molecular complexity index is 1900. The molecule has 1 radical (unpaired) electrons. The Balaban J connectivity index is 0.000000335. The SMILES string of the molecule is C=C(CC(C)C)Sc1ccc2c3c(sc2c1)C(c1[c-]c2ccsc2c(C(C)(C)C)c1)=NCN3.CCC(C)(CC)C(=O)/C=C(\O)C(C)(CC)CC.[Ir]. The summed E-state index contributed by atoms with van der Waals surface area (Å²) in [6, 6.07) is 14.9. The molecule has 2 aromatic heterocycles. The van der Waals surface area contributed by atoms with Gasteiger partial charge in [-0.3, -0.25) is 4.79 Å². The Morgan fingerprint density at radius 2 is 1.69 bits per heavy atom. The van der Waals surface area contributed by atoms with Crippen molar-refractivity contribution in [2.75, 3.05) is 12.0 Å². The molecule has 0 bridgehead atoms. The van der Waals surface area contributed by atoms with Crippen LogP contribution in [0.2, 0.25) is 0 Å². The van der Waals surface area contributed by atoms with E-state index in [1.54, 1.807) is 23.1 Å². The van der Waals surface area contributed by atoms with Crippen molar-refractivity contribution in [1.82, 2.24) is 0 Å². The Labute approximate surface area is 333 Å². The van der Waals surface area contributed by atoms with Gasteiger partial charge in [-0.2, -0.15) is 11.3 Å². The maximum atomic E-state index is 12.2. The molecule has 4 aromatic rings. The number of ketones is 1. The van der Waals surface area contributed by atoms with Crippen LogP contribution in [-0.2, 0) is 30.3 Å². The van der Waals surface area contributed by atoms with Crippen molar-refractivity contribution in [2.45, 2.75) is 119 Å². The summed E-state index contributed by atoms with van der Waals surface area (Å²) in [7, 11) is 0. The summed E-state index contributed by atoms with van der Waals surface area (Å²) >= 11 is 5.42. The van der Waals surface area contributed by atoms with E-state index >= 15 is 0 Å². The average molecular weight is 922 g/mol. The Hall–Kier alpha value is -2.22. The summed E-state index contributed by atoms with van der Waals surface area (Å²) in [6.45, 7) is 28.3. The minimum atomic E-state index is -0.337. The Morgan fingerprint density at radius 3 is 2.27 bits per heavy atom. The number of aliphatic imine (C=N–C) groups is 1. The van der Waals surface area contributed by atoms with Crippen LogP contribution in [0.25, 0.3) is 20.2 Å². The third kappa shape index (κ3) is 9.86. The molecule has 0 aliphatic carbocycles. The molecule has 0 saturated carbocycles. The number of allylic oxidation sites excluding steroid dienone is 3. The molecule has 0 spiro atoms. The molecular weight excluding hydrogens is 865 g/mol. The van der Waals surface area contributed by atoms with Gasteiger partial charge >= 0.3 is 0 Å². The van der Waals surface area contributed by atoms with Gasteiger partial charge < -0.3 is 15.4 Å². The molecule has 0 amide bonds. The molecule has 51 heavy (non-hydrogen) atoms. The van der Waals surface area contributed by atoms with Crippen molar-refractivity contribution in [3.8, 4) is 0 Å². The van der Waals surface area contributed by atoms with Crippen molar-refractivity contribution in [3.63, 3.8) is 0 Å². The largest absolute Gasteiger partial charge is 0.512 e. The molecule has 3 heterocycles. The minimum absolute atomic E-state index is 0. The van der Waals surface area contributed by atoms with Crippen LogP contribution in [-0.4, -0.2) is 23.3 Å². The van der Waals surface area contributed by atoms with Gasteiger partial charge in [0.25, 0.3) is 0 Å². The Morgan fingerprint density at radius 1 is 1.04 bits per heavy atom. The molecule has 8 heteroatoms. The first-order valence-corrected chi connectivity index (χ1v) is 20.6. The topological polar surface area (TPSA) is 61.7 Å². The molecule has 0 saturated heterocycles. The quantitative estimate of drug-likeness (QED) is 0.0643. The Kier molecular flexibility index (Phi) is 15.0. The molecule has 0 unspecified atom stereocenters. The van der Waals surface area contributed by atoms with E-state index in [1.165, 1.54) is 52.2 Å². The average Bonchev–Trinajstić information content (AvgIpc) is 3.70. The first-order valence-electron chi connectivity index (χ1n) is 18.1. The molecule has 5 rings (SSSR count). The van der Waals surface area contributed by atoms with E-state index in [0.717, 1.165) is 43.4 Å². The molecule has 1 aliphatic heterocycles. The van der Waals surface area contributed by atoms with Crippen LogP contribution in [0.5, 0.6) is 0 Å². The van der Waals surface area contributed by atoms with Gasteiger partial charge in [0, 0.05) is 62.6 Å². The van der Waals surface area contributed by atoms with Crippen LogP contribution in [0.15, 0.2) is 68.9 Å². The van der Waals surface area contributed by atoms with Crippen molar-refractivity contribution in [1.29, 1.82) is 0 Å². The predicted octanol–water partition coefficient (Wildman–Crippen LogP) is 13.7. The van der Waals surface area contributed by atoms with Crippen LogP contribution >= 0.6 is 34.4 Å². The number of nitrogens with zero attached hydrogens (tertiary/aromatic N) is 1. The van der Waals surface area contributed by atoms with E-state index < -0.39 is 0 Å². The zero-order valence-corrected chi connectivity index (χ0v) is 37.3. The van der Waals surface area contributed by atoms with Crippen LogP contribution in [0, 0.1) is 22.8 Å².